The Hall–Kier alpha value is -0.880. The van der Waals surface area contributed by atoms with Crippen molar-refractivity contribution in [2.45, 2.75) is 19.5 Å². The average molecular weight is 369 g/mol. The number of benzene rings is 1. The molecule has 2 N–H and O–H groups in total. The zero-order chi connectivity index (χ0) is 15.4. The summed E-state index contributed by atoms with van der Waals surface area (Å²) < 4.78 is 6.58. The lowest BCUT2D eigenvalue weighted by atomic mass is 10.1. The molecule has 5 heteroatoms. The number of ether oxygens (including phenoxy) is 1. The van der Waals surface area contributed by atoms with Crippen LogP contribution >= 0.6 is 27.3 Å². The lowest BCUT2D eigenvalue weighted by Crippen LogP contribution is -2.29. The molecule has 2 rings (SSSR count). The van der Waals surface area contributed by atoms with Crippen molar-refractivity contribution in [3.63, 3.8) is 0 Å². The van der Waals surface area contributed by atoms with E-state index in [9.17, 15) is 0 Å². The number of methoxy groups -OCH3 is 1. The van der Waals surface area contributed by atoms with Gasteiger partial charge < -0.3 is 10.5 Å². The van der Waals surface area contributed by atoms with Gasteiger partial charge in [-0.25, -0.2) is 0 Å². The topological polar surface area (TPSA) is 38.5 Å². The van der Waals surface area contributed by atoms with E-state index in [2.05, 4.69) is 46.9 Å². The number of para-hydroxylation sites is 1. The van der Waals surface area contributed by atoms with Gasteiger partial charge in [0.1, 0.15) is 5.75 Å². The van der Waals surface area contributed by atoms with Crippen LogP contribution in [0.4, 0.5) is 0 Å². The summed E-state index contributed by atoms with van der Waals surface area (Å²) in [4.78, 5) is 4.85. The minimum Gasteiger partial charge on any atom is -0.496 e. The summed E-state index contributed by atoms with van der Waals surface area (Å²) in [6, 6.07) is 10.5. The molecule has 1 heterocycles. The standard InChI is InChI=1S/C16H21BrN2OS/c1-11-13(17)8-16(21-11)14(9-18)19(2)10-12-6-4-5-7-15(12)20-3/h4-8,14H,9-10,18H2,1-3H3. The van der Waals surface area contributed by atoms with Gasteiger partial charge in [-0.05, 0) is 42.0 Å². The fraction of sp³-hybridized carbons (Fsp3) is 0.375. The zero-order valence-corrected chi connectivity index (χ0v) is 15.0. The molecular weight excluding hydrogens is 348 g/mol. The Morgan fingerprint density at radius 1 is 1.38 bits per heavy atom. The molecular formula is C16H21BrN2OS. The summed E-state index contributed by atoms with van der Waals surface area (Å²) in [6.45, 7) is 3.52. The van der Waals surface area contributed by atoms with E-state index in [0.717, 1.165) is 16.8 Å². The minimum absolute atomic E-state index is 0.213. The van der Waals surface area contributed by atoms with Crippen LogP contribution in [0.2, 0.25) is 0 Å². The van der Waals surface area contributed by atoms with Gasteiger partial charge in [-0.1, -0.05) is 18.2 Å². The molecule has 1 atom stereocenters. The summed E-state index contributed by atoms with van der Waals surface area (Å²) in [5, 5.41) is 0. The molecule has 114 valence electrons. The number of hydrogen-bond acceptors (Lipinski definition) is 4. The van der Waals surface area contributed by atoms with Crippen LogP contribution in [0.15, 0.2) is 34.8 Å². The Labute approximate surface area is 138 Å². The molecule has 3 nitrogen and oxygen atoms in total. The third kappa shape index (κ3) is 3.86. The number of rotatable bonds is 6. The molecule has 0 aliphatic rings. The van der Waals surface area contributed by atoms with Crippen molar-refractivity contribution in [1.82, 2.24) is 4.90 Å². The van der Waals surface area contributed by atoms with Gasteiger partial charge >= 0.3 is 0 Å². The van der Waals surface area contributed by atoms with E-state index >= 15 is 0 Å². The highest BCUT2D eigenvalue weighted by Gasteiger charge is 2.19. The van der Waals surface area contributed by atoms with Crippen LogP contribution in [-0.4, -0.2) is 25.6 Å². The number of thiophene rings is 1. The van der Waals surface area contributed by atoms with Gasteiger partial charge in [-0.2, -0.15) is 0 Å². The van der Waals surface area contributed by atoms with Crippen LogP contribution in [0.3, 0.4) is 0 Å². The molecule has 0 aliphatic heterocycles. The van der Waals surface area contributed by atoms with Crippen molar-refractivity contribution >= 4 is 27.3 Å². The molecule has 2 aromatic rings. The maximum Gasteiger partial charge on any atom is 0.123 e. The van der Waals surface area contributed by atoms with Gasteiger partial charge in [0, 0.05) is 32.9 Å². The SMILES string of the molecule is COc1ccccc1CN(C)C(CN)c1cc(Br)c(C)s1. The van der Waals surface area contributed by atoms with Crippen molar-refractivity contribution in [1.29, 1.82) is 0 Å². The second-order valence-electron chi connectivity index (χ2n) is 5.03. The van der Waals surface area contributed by atoms with Crippen molar-refractivity contribution < 1.29 is 4.74 Å². The summed E-state index contributed by atoms with van der Waals surface area (Å²) in [5.41, 5.74) is 7.18. The maximum absolute atomic E-state index is 6.01. The van der Waals surface area contributed by atoms with E-state index in [4.69, 9.17) is 10.5 Å². The van der Waals surface area contributed by atoms with Gasteiger partial charge in [-0.3, -0.25) is 4.90 Å². The van der Waals surface area contributed by atoms with E-state index in [1.807, 2.05) is 18.2 Å². The van der Waals surface area contributed by atoms with Gasteiger partial charge in [-0.15, -0.1) is 11.3 Å². The van der Waals surface area contributed by atoms with Crippen molar-refractivity contribution in [3.05, 3.63) is 50.1 Å². The molecule has 1 unspecified atom stereocenters. The maximum atomic E-state index is 6.01. The largest absolute Gasteiger partial charge is 0.496 e. The molecule has 0 saturated heterocycles. The fourth-order valence-electron chi connectivity index (χ4n) is 2.37. The summed E-state index contributed by atoms with van der Waals surface area (Å²) >= 11 is 5.38. The van der Waals surface area contributed by atoms with Gasteiger partial charge in [0.05, 0.1) is 13.2 Å². The molecule has 0 fully saturated rings. The highest BCUT2D eigenvalue weighted by Crippen LogP contribution is 2.33. The van der Waals surface area contributed by atoms with E-state index in [0.29, 0.717) is 6.54 Å². The number of aryl methyl sites for hydroxylation is 1. The molecule has 0 aliphatic carbocycles. The van der Waals surface area contributed by atoms with E-state index < -0.39 is 0 Å². The molecule has 0 radical (unpaired) electrons. The Bertz CT molecular complexity index is 580. The van der Waals surface area contributed by atoms with Gasteiger partial charge in [0.15, 0.2) is 0 Å². The third-order valence-corrected chi connectivity index (χ3v) is 5.81. The summed E-state index contributed by atoms with van der Waals surface area (Å²) in [5.74, 6) is 0.920. The van der Waals surface area contributed by atoms with Crippen LogP contribution in [0, 0.1) is 6.92 Å². The number of halogens is 1. The molecule has 1 aromatic heterocycles. The lowest BCUT2D eigenvalue weighted by molar-refractivity contribution is 0.241. The predicted octanol–water partition coefficient (Wildman–Crippen LogP) is 3.96. The fourth-order valence-corrected chi connectivity index (χ4v) is 4.11. The first-order chi connectivity index (χ1) is 10.1. The second-order valence-corrected chi connectivity index (χ2v) is 7.17. The monoisotopic (exact) mass is 368 g/mol. The smallest absolute Gasteiger partial charge is 0.123 e. The normalized spacial score (nSPS) is 12.7. The predicted molar refractivity (Wildman–Crippen MR) is 93.0 cm³/mol. The van der Waals surface area contributed by atoms with Crippen molar-refractivity contribution in [2.24, 2.45) is 5.73 Å². The highest BCUT2D eigenvalue weighted by atomic mass is 79.9. The van der Waals surface area contributed by atoms with E-state index in [1.54, 1.807) is 18.4 Å². The molecule has 1 aromatic carbocycles. The zero-order valence-electron chi connectivity index (χ0n) is 12.6. The number of nitrogens with two attached hydrogens (primary N) is 1. The van der Waals surface area contributed by atoms with Crippen molar-refractivity contribution in [2.75, 3.05) is 20.7 Å². The van der Waals surface area contributed by atoms with Crippen LogP contribution in [-0.2, 0) is 6.54 Å². The van der Waals surface area contributed by atoms with Gasteiger partial charge in [0.2, 0.25) is 0 Å². The highest BCUT2D eigenvalue weighted by molar-refractivity contribution is 9.10. The first-order valence-corrected chi connectivity index (χ1v) is 8.45. The Morgan fingerprint density at radius 3 is 2.67 bits per heavy atom. The quantitative estimate of drug-likeness (QED) is 0.838. The Morgan fingerprint density at radius 2 is 2.10 bits per heavy atom. The minimum atomic E-state index is 0.213. The Kier molecular flexibility index (Phi) is 5.81. The molecule has 0 spiro atoms. The second kappa shape index (κ2) is 7.40. The molecule has 0 bridgehead atoms. The average Bonchev–Trinajstić information content (AvgIpc) is 2.79. The van der Waals surface area contributed by atoms with Crippen LogP contribution < -0.4 is 10.5 Å². The number of hydrogen-bond donors (Lipinski definition) is 1. The first kappa shape index (κ1) is 16.5. The summed E-state index contributed by atoms with van der Waals surface area (Å²) in [6.07, 6.45) is 0. The van der Waals surface area contributed by atoms with Crippen LogP contribution in [0.1, 0.15) is 21.4 Å². The van der Waals surface area contributed by atoms with Gasteiger partial charge in [0.25, 0.3) is 0 Å². The van der Waals surface area contributed by atoms with Crippen molar-refractivity contribution in [3.8, 4) is 5.75 Å². The van der Waals surface area contributed by atoms with E-state index in [1.165, 1.54) is 15.3 Å². The van der Waals surface area contributed by atoms with E-state index in [-0.39, 0.29) is 6.04 Å². The Balaban J connectivity index is 2.18. The number of likely N-dealkylation sites (N-methyl/N-ethyl adjacent to an activating group) is 1. The molecule has 0 amide bonds. The first-order valence-electron chi connectivity index (χ1n) is 6.84. The number of nitrogens with zero attached hydrogens (tertiary/aromatic N) is 1. The van der Waals surface area contributed by atoms with Crippen LogP contribution in [0.5, 0.6) is 5.75 Å². The molecule has 21 heavy (non-hydrogen) atoms. The van der Waals surface area contributed by atoms with Crippen LogP contribution in [0.25, 0.3) is 0 Å². The molecule has 0 saturated carbocycles. The third-order valence-electron chi connectivity index (χ3n) is 3.57. The summed E-state index contributed by atoms with van der Waals surface area (Å²) in [7, 11) is 3.81. The lowest BCUT2D eigenvalue weighted by Gasteiger charge is -2.26.